The van der Waals surface area contributed by atoms with Crippen LogP contribution in [-0.4, -0.2) is 36.1 Å². The van der Waals surface area contributed by atoms with Crippen molar-refractivity contribution in [1.29, 1.82) is 0 Å². The summed E-state index contributed by atoms with van der Waals surface area (Å²) in [5.41, 5.74) is 3.27. The molecule has 0 unspecified atom stereocenters. The van der Waals surface area contributed by atoms with Crippen molar-refractivity contribution in [3.05, 3.63) is 48.6 Å². The fourth-order valence-electron chi connectivity index (χ4n) is 2.64. The Kier molecular flexibility index (Phi) is 7.29. The van der Waals surface area contributed by atoms with Crippen LogP contribution in [0.3, 0.4) is 0 Å². The summed E-state index contributed by atoms with van der Waals surface area (Å²) in [6.07, 6.45) is 4.87. The van der Waals surface area contributed by atoms with E-state index in [1.807, 2.05) is 30.3 Å². The number of nitrogens with zero attached hydrogens (tertiary/aromatic N) is 1. The standard InChI is InChI=1S/C18H24N2O4/c1-2-13-24-19-18(22)20-12-8-4-7-11-16(20)17(21)23-14-15-9-5-3-6-10-15/h2-3,5-6,9-10,16H,1,4,7-8,11-14H2,(H,19,22)/t16-/m0/s1. The predicted molar refractivity (Wildman–Crippen MR) is 89.9 cm³/mol. The zero-order valence-corrected chi connectivity index (χ0v) is 13.8. The number of ether oxygens (including phenoxy) is 1. The molecular formula is C18H24N2O4. The van der Waals surface area contributed by atoms with Gasteiger partial charge in [-0.25, -0.2) is 15.1 Å². The topological polar surface area (TPSA) is 67.9 Å². The largest absolute Gasteiger partial charge is 0.459 e. The Labute approximate surface area is 142 Å². The highest BCUT2D eigenvalue weighted by molar-refractivity contribution is 5.83. The molecule has 0 saturated carbocycles. The molecule has 0 aliphatic carbocycles. The maximum Gasteiger partial charge on any atom is 0.342 e. The van der Waals surface area contributed by atoms with Crippen LogP contribution in [0.4, 0.5) is 4.79 Å². The van der Waals surface area contributed by atoms with Gasteiger partial charge in [0.25, 0.3) is 0 Å². The molecule has 2 rings (SSSR count). The zero-order valence-electron chi connectivity index (χ0n) is 13.8. The summed E-state index contributed by atoms with van der Waals surface area (Å²) in [5, 5.41) is 0. The third kappa shape index (κ3) is 5.38. The van der Waals surface area contributed by atoms with E-state index in [4.69, 9.17) is 9.57 Å². The van der Waals surface area contributed by atoms with Gasteiger partial charge >= 0.3 is 12.0 Å². The molecule has 6 heteroatoms. The number of esters is 1. The number of likely N-dealkylation sites (tertiary alicyclic amines) is 1. The van der Waals surface area contributed by atoms with Gasteiger partial charge in [-0.15, -0.1) is 6.58 Å². The van der Waals surface area contributed by atoms with Crippen molar-refractivity contribution >= 4 is 12.0 Å². The van der Waals surface area contributed by atoms with Gasteiger partial charge in [0, 0.05) is 6.54 Å². The summed E-state index contributed by atoms with van der Waals surface area (Å²) in [7, 11) is 0. The van der Waals surface area contributed by atoms with E-state index in [0.29, 0.717) is 13.0 Å². The Morgan fingerprint density at radius 1 is 1.25 bits per heavy atom. The second-order valence-electron chi connectivity index (χ2n) is 5.66. The van der Waals surface area contributed by atoms with Crippen molar-refractivity contribution in [3.63, 3.8) is 0 Å². The fraction of sp³-hybridized carbons (Fsp3) is 0.444. The van der Waals surface area contributed by atoms with Crippen molar-refractivity contribution in [3.8, 4) is 0 Å². The van der Waals surface area contributed by atoms with Gasteiger partial charge < -0.3 is 9.64 Å². The molecule has 6 nitrogen and oxygen atoms in total. The smallest absolute Gasteiger partial charge is 0.342 e. The summed E-state index contributed by atoms with van der Waals surface area (Å²) >= 11 is 0. The van der Waals surface area contributed by atoms with Gasteiger partial charge in [0.1, 0.15) is 12.6 Å². The quantitative estimate of drug-likeness (QED) is 0.376. The molecule has 1 aromatic rings. The number of nitrogens with one attached hydrogen (secondary N) is 1. The number of hydrogen-bond acceptors (Lipinski definition) is 4. The second-order valence-corrected chi connectivity index (χ2v) is 5.66. The van der Waals surface area contributed by atoms with Crippen molar-refractivity contribution in [2.24, 2.45) is 0 Å². The van der Waals surface area contributed by atoms with E-state index in [1.54, 1.807) is 0 Å². The summed E-state index contributed by atoms with van der Waals surface area (Å²) in [6, 6.07) is 8.49. The van der Waals surface area contributed by atoms with Gasteiger partial charge in [-0.05, 0) is 18.4 Å². The fourth-order valence-corrected chi connectivity index (χ4v) is 2.64. The minimum absolute atomic E-state index is 0.207. The molecule has 1 aliphatic heterocycles. The van der Waals surface area contributed by atoms with E-state index < -0.39 is 12.1 Å². The molecule has 0 bridgehead atoms. The zero-order chi connectivity index (χ0) is 17.2. The second kappa shape index (κ2) is 9.72. The first-order valence-corrected chi connectivity index (χ1v) is 8.22. The van der Waals surface area contributed by atoms with E-state index in [9.17, 15) is 9.59 Å². The summed E-state index contributed by atoms with van der Waals surface area (Å²) in [4.78, 5) is 31.2. The molecule has 0 aromatic heterocycles. The predicted octanol–water partition coefficient (Wildman–Crippen LogP) is 2.80. The van der Waals surface area contributed by atoms with E-state index >= 15 is 0 Å². The van der Waals surface area contributed by atoms with Crippen LogP contribution < -0.4 is 5.48 Å². The Morgan fingerprint density at radius 2 is 2.04 bits per heavy atom. The third-order valence-corrected chi connectivity index (χ3v) is 3.87. The van der Waals surface area contributed by atoms with Crippen molar-refractivity contribution in [1.82, 2.24) is 10.4 Å². The van der Waals surface area contributed by atoms with Crippen LogP contribution in [0.25, 0.3) is 0 Å². The van der Waals surface area contributed by atoms with E-state index in [2.05, 4.69) is 12.1 Å². The van der Waals surface area contributed by atoms with Gasteiger partial charge in [-0.2, -0.15) is 0 Å². The number of hydrogen-bond donors (Lipinski definition) is 1. The van der Waals surface area contributed by atoms with Gasteiger partial charge in [0.15, 0.2) is 0 Å². The lowest BCUT2D eigenvalue weighted by Crippen LogP contribution is -2.49. The molecule has 1 atom stereocenters. The van der Waals surface area contributed by atoms with Crippen molar-refractivity contribution in [2.75, 3.05) is 13.2 Å². The Hall–Kier alpha value is -2.34. The normalized spacial score (nSPS) is 17.7. The number of carbonyl (C=O) groups excluding carboxylic acids is 2. The van der Waals surface area contributed by atoms with Crippen LogP contribution >= 0.6 is 0 Å². The molecule has 2 amide bonds. The Morgan fingerprint density at radius 3 is 2.79 bits per heavy atom. The summed E-state index contributed by atoms with van der Waals surface area (Å²) in [6.45, 7) is 4.44. The Bertz CT molecular complexity index is 547. The van der Waals surface area contributed by atoms with Crippen molar-refractivity contribution < 1.29 is 19.2 Å². The summed E-state index contributed by atoms with van der Waals surface area (Å²) < 4.78 is 5.41. The maximum absolute atomic E-state index is 12.5. The first-order chi connectivity index (χ1) is 11.7. The van der Waals surface area contributed by atoms with Gasteiger partial charge in [0.2, 0.25) is 0 Å². The van der Waals surface area contributed by atoms with Crippen LogP contribution in [-0.2, 0) is 21.0 Å². The highest BCUT2D eigenvalue weighted by atomic mass is 16.7. The molecule has 1 aromatic carbocycles. The highest BCUT2D eigenvalue weighted by Crippen LogP contribution is 2.19. The molecule has 1 saturated heterocycles. The van der Waals surface area contributed by atoms with Crippen LogP contribution in [0.2, 0.25) is 0 Å². The van der Waals surface area contributed by atoms with Gasteiger partial charge in [-0.1, -0.05) is 49.2 Å². The van der Waals surface area contributed by atoms with E-state index in [0.717, 1.165) is 24.8 Å². The van der Waals surface area contributed by atoms with Gasteiger partial charge in [-0.3, -0.25) is 4.84 Å². The van der Waals surface area contributed by atoms with E-state index in [1.165, 1.54) is 11.0 Å². The molecule has 1 fully saturated rings. The molecule has 1 N–H and O–H groups in total. The lowest BCUT2D eigenvalue weighted by Gasteiger charge is -2.28. The SMILES string of the molecule is C=CCONC(=O)N1CCCCC[C@H]1C(=O)OCc1ccccc1. The lowest BCUT2D eigenvalue weighted by molar-refractivity contribution is -0.150. The highest BCUT2D eigenvalue weighted by Gasteiger charge is 2.32. The molecule has 130 valence electrons. The molecule has 1 aliphatic rings. The molecule has 24 heavy (non-hydrogen) atoms. The maximum atomic E-state index is 12.5. The minimum Gasteiger partial charge on any atom is -0.459 e. The number of hydroxylamine groups is 1. The number of carbonyl (C=O) groups is 2. The number of amides is 2. The first kappa shape index (κ1) is 18.0. The van der Waals surface area contributed by atoms with Gasteiger partial charge in [0.05, 0.1) is 6.61 Å². The first-order valence-electron chi connectivity index (χ1n) is 8.22. The third-order valence-electron chi connectivity index (χ3n) is 3.87. The average molecular weight is 332 g/mol. The Balaban J connectivity index is 1.95. The lowest BCUT2D eigenvalue weighted by atomic mass is 10.1. The number of urea groups is 1. The molecule has 0 spiro atoms. The van der Waals surface area contributed by atoms with Crippen LogP contribution in [0.15, 0.2) is 43.0 Å². The molecule has 1 heterocycles. The number of rotatable bonds is 6. The van der Waals surface area contributed by atoms with Crippen LogP contribution in [0, 0.1) is 0 Å². The minimum atomic E-state index is -0.580. The monoisotopic (exact) mass is 332 g/mol. The van der Waals surface area contributed by atoms with Crippen molar-refractivity contribution in [2.45, 2.75) is 38.3 Å². The number of benzene rings is 1. The molecule has 0 radical (unpaired) electrons. The average Bonchev–Trinajstić information content (AvgIpc) is 2.87. The van der Waals surface area contributed by atoms with E-state index in [-0.39, 0.29) is 19.2 Å². The van der Waals surface area contributed by atoms with Crippen LogP contribution in [0.5, 0.6) is 0 Å². The van der Waals surface area contributed by atoms with Crippen LogP contribution in [0.1, 0.15) is 31.2 Å². The summed E-state index contributed by atoms with van der Waals surface area (Å²) in [5.74, 6) is -0.375. The molecular weight excluding hydrogens is 308 g/mol.